The van der Waals surface area contributed by atoms with Crippen molar-refractivity contribution in [2.24, 2.45) is 0 Å². The molecule has 0 unspecified atom stereocenters. The predicted octanol–water partition coefficient (Wildman–Crippen LogP) is 2.15. The van der Waals surface area contributed by atoms with Crippen LogP contribution in [-0.2, 0) is 9.47 Å². The molecule has 1 saturated heterocycles. The van der Waals surface area contributed by atoms with Gasteiger partial charge >= 0.3 is 6.09 Å². The van der Waals surface area contributed by atoms with Crippen LogP contribution in [0.5, 0.6) is 0 Å². The first-order valence-corrected chi connectivity index (χ1v) is 7.64. The van der Waals surface area contributed by atoms with Gasteiger partial charge in [0.15, 0.2) is 0 Å². The molecule has 1 amide bonds. The van der Waals surface area contributed by atoms with Crippen molar-refractivity contribution in [2.45, 2.75) is 70.2 Å². The zero-order valence-corrected chi connectivity index (χ0v) is 13.1. The van der Waals surface area contributed by atoms with Gasteiger partial charge in [-0.2, -0.15) is 0 Å². The van der Waals surface area contributed by atoms with E-state index in [1.54, 1.807) is 0 Å². The van der Waals surface area contributed by atoms with Crippen LogP contribution in [-0.4, -0.2) is 55.0 Å². The summed E-state index contributed by atoms with van der Waals surface area (Å²) in [7, 11) is 2.19. The monoisotopic (exact) mass is 284 g/mol. The topological polar surface area (TPSA) is 50.8 Å². The van der Waals surface area contributed by atoms with E-state index in [2.05, 4.69) is 17.3 Å². The second-order valence-electron chi connectivity index (χ2n) is 7.01. The molecule has 2 fully saturated rings. The zero-order chi connectivity index (χ0) is 14.8. The van der Waals surface area contributed by atoms with Crippen molar-refractivity contribution in [3.05, 3.63) is 0 Å². The van der Waals surface area contributed by atoms with E-state index in [0.717, 1.165) is 38.9 Å². The molecule has 1 aliphatic carbocycles. The number of hydrogen-bond acceptors (Lipinski definition) is 4. The molecule has 1 N–H and O–H groups in total. The van der Waals surface area contributed by atoms with E-state index < -0.39 is 5.60 Å². The number of amides is 1. The Hall–Kier alpha value is -0.810. The highest BCUT2D eigenvalue weighted by Crippen LogP contribution is 2.25. The van der Waals surface area contributed by atoms with Crippen LogP contribution in [0.2, 0.25) is 0 Å². The van der Waals surface area contributed by atoms with Crippen LogP contribution >= 0.6 is 0 Å². The van der Waals surface area contributed by atoms with Crippen molar-refractivity contribution in [3.8, 4) is 0 Å². The minimum atomic E-state index is -0.425. The fourth-order valence-electron chi connectivity index (χ4n) is 2.86. The molecule has 116 valence electrons. The van der Waals surface area contributed by atoms with Crippen LogP contribution in [0.25, 0.3) is 0 Å². The smallest absolute Gasteiger partial charge is 0.407 e. The van der Waals surface area contributed by atoms with Crippen LogP contribution in [0.15, 0.2) is 0 Å². The number of alkyl carbamates (subject to hydrolysis) is 1. The Bertz CT molecular complexity index is 329. The average molecular weight is 284 g/mol. The summed E-state index contributed by atoms with van der Waals surface area (Å²) in [5.41, 5.74) is -0.425. The molecular weight excluding hydrogens is 256 g/mol. The summed E-state index contributed by atoms with van der Waals surface area (Å²) >= 11 is 0. The number of carbonyl (C=O) groups is 1. The summed E-state index contributed by atoms with van der Waals surface area (Å²) in [6.07, 6.45) is 4.03. The largest absolute Gasteiger partial charge is 0.444 e. The minimum absolute atomic E-state index is 0.257. The highest BCUT2D eigenvalue weighted by Gasteiger charge is 2.32. The molecule has 0 atom stereocenters. The summed E-state index contributed by atoms with van der Waals surface area (Å²) in [4.78, 5) is 14.2. The van der Waals surface area contributed by atoms with E-state index in [1.165, 1.54) is 0 Å². The Morgan fingerprint density at radius 1 is 1.15 bits per heavy atom. The van der Waals surface area contributed by atoms with Crippen LogP contribution in [0.1, 0.15) is 46.5 Å². The summed E-state index contributed by atoms with van der Waals surface area (Å²) in [6, 6.07) is 1.48. The number of carbonyl (C=O) groups excluding carboxylic acids is 1. The van der Waals surface area contributed by atoms with Crippen molar-refractivity contribution in [2.75, 3.05) is 20.3 Å². The number of nitrogens with zero attached hydrogens (tertiary/aromatic N) is 1. The van der Waals surface area contributed by atoms with Gasteiger partial charge in [-0.15, -0.1) is 0 Å². The Kier molecular flexibility index (Phi) is 4.91. The standard InChI is InChI=1S/C15H28N2O3/c1-15(2,3)20-14(18)16-11-5-7-12(8-6-11)17(4)13-9-19-10-13/h11-13H,5-10H2,1-4H3,(H,16,18)/t11-,12-. The molecule has 5 heteroatoms. The Morgan fingerprint density at radius 2 is 1.75 bits per heavy atom. The average Bonchev–Trinajstić information content (AvgIpc) is 2.24. The van der Waals surface area contributed by atoms with Gasteiger partial charge < -0.3 is 14.8 Å². The van der Waals surface area contributed by atoms with Crippen LogP contribution in [0, 0.1) is 0 Å². The highest BCUT2D eigenvalue weighted by molar-refractivity contribution is 5.68. The van der Waals surface area contributed by atoms with Crippen molar-refractivity contribution >= 4 is 6.09 Å². The fourth-order valence-corrected chi connectivity index (χ4v) is 2.86. The van der Waals surface area contributed by atoms with Gasteiger partial charge in [-0.3, -0.25) is 4.90 Å². The van der Waals surface area contributed by atoms with E-state index in [4.69, 9.17) is 9.47 Å². The summed E-state index contributed by atoms with van der Waals surface area (Å²) in [5.74, 6) is 0. The lowest BCUT2D eigenvalue weighted by atomic mass is 9.89. The number of hydrogen-bond donors (Lipinski definition) is 1. The van der Waals surface area contributed by atoms with Gasteiger partial charge in [0, 0.05) is 12.1 Å². The molecule has 1 aliphatic heterocycles. The first kappa shape index (κ1) is 15.6. The van der Waals surface area contributed by atoms with Crippen molar-refractivity contribution in [3.63, 3.8) is 0 Å². The third-order valence-corrected chi connectivity index (χ3v) is 4.19. The molecule has 0 bridgehead atoms. The molecule has 0 aromatic carbocycles. The van der Waals surface area contributed by atoms with Crippen LogP contribution < -0.4 is 5.32 Å². The number of nitrogens with one attached hydrogen (secondary N) is 1. The van der Waals surface area contributed by atoms with Gasteiger partial charge in [-0.05, 0) is 53.5 Å². The number of rotatable bonds is 3. The first-order valence-electron chi connectivity index (χ1n) is 7.64. The third kappa shape index (κ3) is 4.35. The normalized spacial score (nSPS) is 28.1. The predicted molar refractivity (Wildman–Crippen MR) is 77.8 cm³/mol. The van der Waals surface area contributed by atoms with E-state index in [-0.39, 0.29) is 12.1 Å². The molecule has 1 saturated carbocycles. The molecule has 20 heavy (non-hydrogen) atoms. The van der Waals surface area contributed by atoms with Crippen molar-refractivity contribution < 1.29 is 14.3 Å². The maximum Gasteiger partial charge on any atom is 0.407 e. The fraction of sp³-hybridized carbons (Fsp3) is 0.933. The van der Waals surface area contributed by atoms with Crippen LogP contribution in [0.3, 0.4) is 0 Å². The lowest BCUT2D eigenvalue weighted by Crippen LogP contribution is -2.53. The molecule has 2 aliphatic rings. The molecule has 2 rings (SSSR count). The maximum atomic E-state index is 11.7. The molecule has 0 aromatic heterocycles. The molecule has 0 radical (unpaired) electrons. The summed E-state index contributed by atoms with van der Waals surface area (Å²) in [5, 5.41) is 2.99. The number of likely N-dealkylation sites (N-methyl/N-ethyl adjacent to an activating group) is 1. The van der Waals surface area contributed by atoms with E-state index in [0.29, 0.717) is 12.1 Å². The van der Waals surface area contributed by atoms with Gasteiger partial charge in [0.25, 0.3) is 0 Å². The lowest BCUT2D eigenvalue weighted by molar-refractivity contribution is -0.0741. The molecule has 1 heterocycles. The second kappa shape index (κ2) is 6.31. The highest BCUT2D eigenvalue weighted by atomic mass is 16.6. The van der Waals surface area contributed by atoms with Crippen molar-refractivity contribution in [1.82, 2.24) is 10.2 Å². The number of ether oxygens (including phenoxy) is 2. The van der Waals surface area contributed by atoms with Crippen LogP contribution in [0.4, 0.5) is 4.79 Å². The molecule has 5 nitrogen and oxygen atoms in total. The molecule has 0 aromatic rings. The third-order valence-electron chi connectivity index (χ3n) is 4.19. The van der Waals surface area contributed by atoms with E-state index >= 15 is 0 Å². The Labute approximate surface area is 122 Å². The SMILES string of the molecule is CN(C1COC1)[C@H]1CC[C@H](NC(=O)OC(C)(C)C)CC1. The Morgan fingerprint density at radius 3 is 2.20 bits per heavy atom. The first-order chi connectivity index (χ1) is 9.35. The van der Waals surface area contributed by atoms with Gasteiger partial charge in [0.2, 0.25) is 0 Å². The summed E-state index contributed by atoms with van der Waals surface area (Å²) < 4.78 is 10.6. The Balaban J connectivity index is 1.70. The molecule has 0 spiro atoms. The van der Waals surface area contributed by atoms with E-state index in [9.17, 15) is 4.79 Å². The molecular formula is C15H28N2O3. The maximum absolute atomic E-state index is 11.7. The zero-order valence-electron chi connectivity index (χ0n) is 13.1. The van der Waals surface area contributed by atoms with E-state index in [1.807, 2.05) is 20.8 Å². The van der Waals surface area contributed by atoms with Gasteiger partial charge in [0.05, 0.1) is 19.3 Å². The summed E-state index contributed by atoms with van der Waals surface area (Å²) in [6.45, 7) is 7.40. The minimum Gasteiger partial charge on any atom is -0.444 e. The van der Waals surface area contributed by atoms with Gasteiger partial charge in [-0.1, -0.05) is 0 Å². The quantitative estimate of drug-likeness (QED) is 0.863. The lowest BCUT2D eigenvalue weighted by Gasteiger charge is -2.42. The van der Waals surface area contributed by atoms with Crippen molar-refractivity contribution in [1.29, 1.82) is 0 Å². The van der Waals surface area contributed by atoms with Gasteiger partial charge in [0.1, 0.15) is 5.60 Å². The second-order valence-corrected chi connectivity index (χ2v) is 7.01. The van der Waals surface area contributed by atoms with Gasteiger partial charge in [-0.25, -0.2) is 4.79 Å².